The average Bonchev–Trinajstić information content (AvgIpc) is 2.71. The molecule has 1 fully saturated rings. The highest BCUT2D eigenvalue weighted by molar-refractivity contribution is 5.49. The smallest absolute Gasteiger partial charge is 0.131 e. The van der Waals surface area contributed by atoms with Crippen molar-refractivity contribution < 1.29 is 4.74 Å². The number of aryl methyl sites for hydroxylation is 2. The van der Waals surface area contributed by atoms with Crippen molar-refractivity contribution in [3.8, 4) is 0 Å². The first-order valence-electron chi connectivity index (χ1n) is 8.03. The molecule has 0 atom stereocenters. The molecule has 2 rings (SSSR count). The van der Waals surface area contributed by atoms with Crippen LogP contribution in [0.25, 0.3) is 0 Å². The van der Waals surface area contributed by atoms with Gasteiger partial charge in [0, 0.05) is 52.0 Å². The lowest BCUT2D eigenvalue weighted by Gasteiger charge is -2.29. The molecule has 5 nitrogen and oxygen atoms in total. The van der Waals surface area contributed by atoms with Gasteiger partial charge in [-0.2, -0.15) is 5.10 Å². The quantitative estimate of drug-likeness (QED) is 0.872. The number of ether oxygens (including phenoxy) is 1. The molecule has 0 aromatic carbocycles. The fourth-order valence-corrected chi connectivity index (χ4v) is 3.08. The topological polar surface area (TPSA) is 42.3 Å². The van der Waals surface area contributed by atoms with Crippen LogP contribution in [0.3, 0.4) is 0 Å². The van der Waals surface area contributed by atoms with Gasteiger partial charge in [-0.15, -0.1) is 0 Å². The van der Waals surface area contributed by atoms with Gasteiger partial charge in [0.2, 0.25) is 0 Å². The third-order valence-corrected chi connectivity index (χ3v) is 4.23. The van der Waals surface area contributed by atoms with E-state index in [1.54, 1.807) is 0 Å². The number of hydrogen-bond donors (Lipinski definition) is 1. The molecule has 0 aliphatic carbocycles. The number of nitrogens with one attached hydrogen (secondary N) is 1. The van der Waals surface area contributed by atoms with Crippen LogP contribution in [0.5, 0.6) is 0 Å². The Morgan fingerprint density at radius 1 is 1.38 bits per heavy atom. The first kappa shape index (κ1) is 16.3. The maximum atomic E-state index is 5.46. The van der Waals surface area contributed by atoms with Gasteiger partial charge in [-0.05, 0) is 25.7 Å². The summed E-state index contributed by atoms with van der Waals surface area (Å²) in [5.74, 6) is 1.97. The van der Waals surface area contributed by atoms with E-state index in [0.717, 1.165) is 37.9 Å². The van der Waals surface area contributed by atoms with Crippen molar-refractivity contribution in [1.29, 1.82) is 0 Å². The summed E-state index contributed by atoms with van der Waals surface area (Å²) in [4.78, 5) is 2.37. The van der Waals surface area contributed by atoms with Crippen molar-refractivity contribution in [3.63, 3.8) is 0 Å². The molecule has 0 bridgehead atoms. The molecule has 21 heavy (non-hydrogen) atoms. The van der Waals surface area contributed by atoms with Crippen molar-refractivity contribution in [1.82, 2.24) is 15.1 Å². The lowest BCUT2D eigenvalue weighted by Crippen LogP contribution is -2.32. The van der Waals surface area contributed by atoms with E-state index in [1.165, 1.54) is 24.2 Å². The van der Waals surface area contributed by atoms with Crippen LogP contribution in [-0.4, -0.2) is 42.6 Å². The standard InChI is InChI=1S/C16H30N4O/c1-12(2)17-10-15-13(3)18-20(5)16(15)19(4)11-14-6-8-21-9-7-14/h12,14,17H,6-11H2,1-5H3. The molecule has 5 heteroatoms. The van der Waals surface area contributed by atoms with Gasteiger partial charge in [-0.1, -0.05) is 13.8 Å². The molecular weight excluding hydrogens is 264 g/mol. The Hall–Kier alpha value is -1.07. The summed E-state index contributed by atoms with van der Waals surface area (Å²) < 4.78 is 7.48. The molecule has 1 aromatic rings. The average molecular weight is 294 g/mol. The molecule has 1 aromatic heterocycles. The van der Waals surface area contributed by atoms with E-state index in [0.29, 0.717) is 6.04 Å². The maximum absolute atomic E-state index is 5.46. The van der Waals surface area contributed by atoms with E-state index in [1.807, 2.05) is 11.7 Å². The Morgan fingerprint density at radius 3 is 2.67 bits per heavy atom. The second-order valence-electron chi connectivity index (χ2n) is 6.48. The summed E-state index contributed by atoms with van der Waals surface area (Å²) >= 11 is 0. The first-order chi connectivity index (χ1) is 9.99. The summed E-state index contributed by atoms with van der Waals surface area (Å²) in [6.45, 7) is 10.2. The fraction of sp³-hybridized carbons (Fsp3) is 0.812. The lowest BCUT2D eigenvalue weighted by molar-refractivity contribution is 0.0684. The summed E-state index contributed by atoms with van der Waals surface area (Å²) in [5, 5.41) is 8.13. The van der Waals surface area contributed by atoms with Gasteiger partial charge in [-0.25, -0.2) is 0 Å². The zero-order valence-electron chi connectivity index (χ0n) is 14.1. The van der Waals surface area contributed by atoms with Crippen molar-refractivity contribution in [3.05, 3.63) is 11.3 Å². The molecule has 1 aliphatic heterocycles. The summed E-state index contributed by atoms with van der Waals surface area (Å²) in [7, 11) is 4.23. The van der Waals surface area contributed by atoms with E-state index in [2.05, 4.69) is 43.1 Å². The van der Waals surface area contributed by atoms with E-state index >= 15 is 0 Å². The molecule has 0 spiro atoms. The second kappa shape index (κ2) is 7.27. The number of rotatable bonds is 6. The van der Waals surface area contributed by atoms with Gasteiger partial charge in [0.1, 0.15) is 5.82 Å². The fourth-order valence-electron chi connectivity index (χ4n) is 3.08. The highest BCUT2D eigenvalue weighted by Gasteiger charge is 2.21. The van der Waals surface area contributed by atoms with Crippen LogP contribution in [-0.2, 0) is 18.3 Å². The zero-order chi connectivity index (χ0) is 15.4. The van der Waals surface area contributed by atoms with Gasteiger partial charge in [0.25, 0.3) is 0 Å². The van der Waals surface area contributed by atoms with E-state index < -0.39 is 0 Å². The minimum atomic E-state index is 0.484. The first-order valence-corrected chi connectivity index (χ1v) is 8.03. The zero-order valence-corrected chi connectivity index (χ0v) is 14.1. The summed E-state index contributed by atoms with van der Waals surface area (Å²) in [6.07, 6.45) is 2.33. The molecule has 120 valence electrons. The lowest BCUT2D eigenvalue weighted by atomic mass is 10.00. The van der Waals surface area contributed by atoms with E-state index in [4.69, 9.17) is 4.74 Å². The van der Waals surface area contributed by atoms with Crippen LogP contribution in [0, 0.1) is 12.8 Å². The molecule has 1 N–H and O–H groups in total. The second-order valence-corrected chi connectivity index (χ2v) is 6.48. The molecule has 0 radical (unpaired) electrons. The maximum Gasteiger partial charge on any atom is 0.131 e. The molecule has 1 saturated heterocycles. The third-order valence-electron chi connectivity index (χ3n) is 4.23. The molecule has 0 amide bonds. The Labute approximate surface area is 128 Å². The van der Waals surface area contributed by atoms with Gasteiger partial charge >= 0.3 is 0 Å². The highest BCUT2D eigenvalue weighted by Crippen LogP contribution is 2.25. The van der Waals surface area contributed by atoms with Gasteiger partial charge in [0.05, 0.1) is 5.69 Å². The number of nitrogens with zero attached hydrogens (tertiary/aromatic N) is 3. The van der Waals surface area contributed by atoms with E-state index in [9.17, 15) is 0 Å². The monoisotopic (exact) mass is 294 g/mol. The predicted molar refractivity (Wildman–Crippen MR) is 86.7 cm³/mol. The van der Waals surface area contributed by atoms with Crippen LogP contribution in [0.15, 0.2) is 0 Å². The largest absolute Gasteiger partial charge is 0.381 e. The molecule has 2 heterocycles. The van der Waals surface area contributed by atoms with Crippen molar-refractivity contribution in [2.24, 2.45) is 13.0 Å². The molecular formula is C16H30N4O. The Bertz CT molecular complexity index is 449. The van der Waals surface area contributed by atoms with Crippen molar-refractivity contribution in [2.45, 2.75) is 46.2 Å². The number of aromatic nitrogens is 2. The summed E-state index contributed by atoms with van der Waals surface area (Å²) in [6, 6.07) is 0.484. The van der Waals surface area contributed by atoms with Crippen molar-refractivity contribution >= 4 is 5.82 Å². The number of anilines is 1. The van der Waals surface area contributed by atoms with Crippen LogP contribution in [0.4, 0.5) is 5.82 Å². The van der Waals surface area contributed by atoms with Gasteiger partial charge in [0.15, 0.2) is 0 Å². The molecule has 0 saturated carbocycles. The van der Waals surface area contributed by atoms with Crippen LogP contribution >= 0.6 is 0 Å². The normalized spacial score (nSPS) is 16.7. The van der Waals surface area contributed by atoms with Crippen LogP contribution in [0.2, 0.25) is 0 Å². The minimum Gasteiger partial charge on any atom is -0.381 e. The highest BCUT2D eigenvalue weighted by atomic mass is 16.5. The van der Waals surface area contributed by atoms with E-state index in [-0.39, 0.29) is 0 Å². The Morgan fingerprint density at radius 2 is 2.05 bits per heavy atom. The Kier molecular flexibility index (Phi) is 5.65. The SMILES string of the molecule is Cc1nn(C)c(N(C)CC2CCOCC2)c1CNC(C)C. The minimum absolute atomic E-state index is 0.484. The molecule has 1 aliphatic rings. The number of hydrogen-bond acceptors (Lipinski definition) is 4. The summed E-state index contributed by atoms with van der Waals surface area (Å²) in [5.41, 5.74) is 2.44. The van der Waals surface area contributed by atoms with Crippen LogP contribution < -0.4 is 10.2 Å². The Balaban J connectivity index is 2.09. The van der Waals surface area contributed by atoms with Gasteiger partial charge in [-0.3, -0.25) is 4.68 Å². The predicted octanol–water partition coefficient (Wildman–Crippen LogP) is 2.09. The third kappa shape index (κ3) is 4.20. The van der Waals surface area contributed by atoms with Crippen molar-refractivity contribution in [2.75, 3.05) is 31.7 Å². The van der Waals surface area contributed by atoms with Gasteiger partial charge < -0.3 is 15.0 Å². The van der Waals surface area contributed by atoms with Crippen LogP contribution in [0.1, 0.15) is 37.9 Å². The molecule has 0 unspecified atom stereocenters.